The molecule has 2 rings (SSSR count). The summed E-state index contributed by atoms with van der Waals surface area (Å²) in [6, 6.07) is 3.75. The number of pyridine rings is 1. The number of hydrogen-bond donors (Lipinski definition) is 2. The number of fused-ring (bicyclic) bond motifs is 1. The number of anilines is 2. The summed E-state index contributed by atoms with van der Waals surface area (Å²) in [6.07, 6.45) is 4.94. The zero-order chi connectivity index (χ0) is 13.9. The second-order valence-electron chi connectivity index (χ2n) is 5.09. The predicted molar refractivity (Wildman–Crippen MR) is 79.0 cm³/mol. The molecule has 0 aromatic carbocycles. The number of nitrogen functional groups attached to an aromatic ring is 1. The summed E-state index contributed by atoms with van der Waals surface area (Å²) < 4.78 is 0. The molecule has 0 aliphatic rings. The van der Waals surface area contributed by atoms with E-state index in [0.29, 0.717) is 0 Å². The number of nitrogens with two attached hydrogens (primary N) is 1. The first-order chi connectivity index (χ1) is 9.08. The molecule has 0 unspecified atom stereocenters. The molecule has 0 amide bonds. The Hall–Kier alpha value is -1.91. The number of hydrogen-bond acceptors (Lipinski definition) is 5. The molecule has 1 atom stereocenters. The smallest absolute Gasteiger partial charge is 0.222 e. The van der Waals surface area contributed by atoms with Crippen molar-refractivity contribution in [3.63, 3.8) is 0 Å². The van der Waals surface area contributed by atoms with E-state index in [1.54, 1.807) is 6.20 Å². The molecule has 0 aliphatic heterocycles. The molecule has 0 aliphatic carbocycles. The van der Waals surface area contributed by atoms with Gasteiger partial charge in [0, 0.05) is 11.7 Å². The van der Waals surface area contributed by atoms with Crippen LogP contribution in [-0.2, 0) is 0 Å². The summed E-state index contributed by atoms with van der Waals surface area (Å²) in [5.74, 6) is 0.999. The number of aromatic nitrogens is 3. The van der Waals surface area contributed by atoms with Crippen LogP contribution >= 0.6 is 0 Å². The number of nitrogens with one attached hydrogen (secondary N) is 1. The zero-order valence-electron chi connectivity index (χ0n) is 11.8. The minimum atomic E-state index is -0.00000520. The molecule has 0 radical (unpaired) electrons. The van der Waals surface area contributed by atoms with Crippen LogP contribution in [-0.4, -0.2) is 20.5 Å². The summed E-state index contributed by atoms with van der Waals surface area (Å²) in [7, 11) is 0. The molecule has 5 heteroatoms. The van der Waals surface area contributed by atoms with Gasteiger partial charge in [-0.25, -0.2) is 4.98 Å². The third-order valence-corrected chi connectivity index (χ3v) is 3.47. The fourth-order valence-electron chi connectivity index (χ4n) is 2.24. The summed E-state index contributed by atoms with van der Waals surface area (Å²) >= 11 is 0. The minimum Gasteiger partial charge on any atom is -0.368 e. The first-order valence-electron chi connectivity index (χ1n) is 6.74. The number of nitrogens with zero attached hydrogens (tertiary/aromatic N) is 3. The largest absolute Gasteiger partial charge is 0.368 e. The Balaban J connectivity index is 2.44. The van der Waals surface area contributed by atoms with E-state index in [-0.39, 0.29) is 11.5 Å². The highest BCUT2D eigenvalue weighted by Gasteiger charge is 2.22. The third-order valence-electron chi connectivity index (χ3n) is 3.47. The molecule has 0 fully saturated rings. The quantitative estimate of drug-likeness (QED) is 0.863. The van der Waals surface area contributed by atoms with Gasteiger partial charge in [-0.3, -0.25) is 4.98 Å². The van der Waals surface area contributed by atoms with Crippen LogP contribution in [0.5, 0.6) is 0 Å². The van der Waals surface area contributed by atoms with Crippen molar-refractivity contribution < 1.29 is 0 Å². The fraction of sp³-hybridized carbons (Fsp3) is 0.500. The standard InChI is InChI=1S/C14H21N5/c1-4-8-14(3,5-2)19-12-11-10(7-6-9-16-11)17-13(15)18-12/h6-7,9H,4-5,8H2,1-3H3,(H3,15,17,18,19)/t14-/m1/s1. The lowest BCUT2D eigenvalue weighted by atomic mass is 9.93. The molecule has 5 nitrogen and oxygen atoms in total. The van der Waals surface area contributed by atoms with Gasteiger partial charge in [-0.05, 0) is 31.9 Å². The highest BCUT2D eigenvalue weighted by atomic mass is 15.1. The average molecular weight is 259 g/mol. The Kier molecular flexibility index (Phi) is 3.83. The molecular formula is C14H21N5. The highest BCUT2D eigenvalue weighted by molar-refractivity contribution is 5.86. The van der Waals surface area contributed by atoms with Gasteiger partial charge in [-0.2, -0.15) is 4.98 Å². The fourth-order valence-corrected chi connectivity index (χ4v) is 2.24. The van der Waals surface area contributed by atoms with Gasteiger partial charge >= 0.3 is 0 Å². The van der Waals surface area contributed by atoms with Crippen LogP contribution in [0, 0.1) is 0 Å². The monoisotopic (exact) mass is 259 g/mol. The van der Waals surface area contributed by atoms with Crippen molar-refractivity contribution in [2.24, 2.45) is 0 Å². The van der Waals surface area contributed by atoms with Gasteiger partial charge in [0.1, 0.15) is 5.52 Å². The Bertz CT molecular complexity index is 569. The maximum atomic E-state index is 5.77. The number of rotatable bonds is 5. The molecule has 0 bridgehead atoms. The molecule has 2 aromatic rings. The van der Waals surface area contributed by atoms with E-state index in [9.17, 15) is 0 Å². The van der Waals surface area contributed by atoms with Crippen LogP contribution in [0.2, 0.25) is 0 Å². The maximum Gasteiger partial charge on any atom is 0.222 e. The van der Waals surface area contributed by atoms with E-state index >= 15 is 0 Å². The molecule has 0 spiro atoms. The lowest BCUT2D eigenvalue weighted by Crippen LogP contribution is -2.34. The van der Waals surface area contributed by atoms with E-state index in [2.05, 4.69) is 41.0 Å². The van der Waals surface area contributed by atoms with E-state index in [1.165, 1.54) is 0 Å². The van der Waals surface area contributed by atoms with Crippen molar-refractivity contribution >= 4 is 22.8 Å². The SMILES string of the molecule is CCC[C@@](C)(CC)Nc1nc(N)nc2cccnc12. The lowest BCUT2D eigenvalue weighted by molar-refractivity contribution is 0.450. The van der Waals surface area contributed by atoms with Gasteiger partial charge in [0.15, 0.2) is 5.82 Å². The second kappa shape index (κ2) is 5.38. The average Bonchev–Trinajstić information content (AvgIpc) is 2.39. The summed E-state index contributed by atoms with van der Waals surface area (Å²) in [4.78, 5) is 12.9. The van der Waals surface area contributed by atoms with E-state index in [0.717, 1.165) is 36.1 Å². The molecule has 3 N–H and O–H groups in total. The highest BCUT2D eigenvalue weighted by Crippen LogP contribution is 2.26. The van der Waals surface area contributed by atoms with Crippen LogP contribution in [0.4, 0.5) is 11.8 Å². The van der Waals surface area contributed by atoms with Gasteiger partial charge in [-0.15, -0.1) is 0 Å². The summed E-state index contributed by atoms with van der Waals surface area (Å²) in [5.41, 5.74) is 7.31. The zero-order valence-corrected chi connectivity index (χ0v) is 11.8. The van der Waals surface area contributed by atoms with Crippen molar-refractivity contribution in [2.45, 2.75) is 45.6 Å². The van der Waals surface area contributed by atoms with Crippen LogP contribution in [0.15, 0.2) is 18.3 Å². The van der Waals surface area contributed by atoms with E-state index in [1.807, 2.05) is 12.1 Å². The summed E-state index contributed by atoms with van der Waals surface area (Å²) in [6.45, 7) is 6.55. The Morgan fingerprint density at radius 3 is 2.79 bits per heavy atom. The predicted octanol–water partition coefficient (Wildman–Crippen LogP) is 2.99. The van der Waals surface area contributed by atoms with Crippen molar-refractivity contribution in [2.75, 3.05) is 11.1 Å². The Morgan fingerprint density at radius 1 is 1.32 bits per heavy atom. The Labute approximate surface area is 113 Å². The third kappa shape index (κ3) is 2.92. The molecule has 0 saturated heterocycles. The van der Waals surface area contributed by atoms with Crippen LogP contribution in [0.3, 0.4) is 0 Å². The van der Waals surface area contributed by atoms with Gasteiger partial charge in [-0.1, -0.05) is 20.3 Å². The van der Waals surface area contributed by atoms with Crippen molar-refractivity contribution in [3.05, 3.63) is 18.3 Å². The topological polar surface area (TPSA) is 76.7 Å². The molecule has 2 aromatic heterocycles. The second-order valence-corrected chi connectivity index (χ2v) is 5.09. The first kappa shape index (κ1) is 13.5. The van der Waals surface area contributed by atoms with Crippen LogP contribution in [0.1, 0.15) is 40.0 Å². The van der Waals surface area contributed by atoms with Crippen LogP contribution in [0.25, 0.3) is 11.0 Å². The van der Waals surface area contributed by atoms with Gasteiger partial charge < -0.3 is 11.1 Å². The molecular weight excluding hydrogens is 238 g/mol. The first-order valence-corrected chi connectivity index (χ1v) is 6.74. The van der Waals surface area contributed by atoms with Crippen molar-refractivity contribution in [1.29, 1.82) is 0 Å². The lowest BCUT2D eigenvalue weighted by Gasteiger charge is -2.30. The van der Waals surface area contributed by atoms with E-state index in [4.69, 9.17) is 5.73 Å². The van der Waals surface area contributed by atoms with Crippen molar-refractivity contribution in [1.82, 2.24) is 15.0 Å². The van der Waals surface area contributed by atoms with E-state index < -0.39 is 0 Å². The minimum absolute atomic E-state index is 0.00000520. The maximum absolute atomic E-state index is 5.77. The molecule has 19 heavy (non-hydrogen) atoms. The Morgan fingerprint density at radius 2 is 2.11 bits per heavy atom. The van der Waals surface area contributed by atoms with Crippen molar-refractivity contribution in [3.8, 4) is 0 Å². The molecule has 102 valence electrons. The van der Waals surface area contributed by atoms with Gasteiger partial charge in [0.05, 0.1) is 5.52 Å². The molecule has 0 saturated carbocycles. The summed E-state index contributed by atoms with van der Waals surface area (Å²) in [5, 5.41) is 3.50. The van der Waals surface area contributed by atoms with Gasteiger partial charge in [0.2, 0.25) is 5.95 Å². The molecule has 2 heterocycles. The van der Waals surface area contributed by atoms with Gasteiger partial charge in [0.25, 0.3) is 0 Å². The van der Waals surface area contributed by atoms with Crippen LogP contribution < -0.4 is 11.1 Å². The normalized spacial score (nSPS) is 14.3.